The van der Waals surface area contributed by atoms with E-state index < -0.39 is 0 Å². The van der Waals surface area contributed by atoms with Gasteiger partial charge in [-0.25, -0.2) is 4.98 Å². The lowest BCUT2D eigenvalue weighted by molar-refractivity contribution is 0.109. The number of aromatic nitrogens is 1. The van der Waals surface area contributed by atoms with Gasteiger partial charge in [0.1, 0.15) is 0 Å². The highest BCUT2D eigenvalue weighted by Crippen LogP contribution is 2.30. The summed E-state index contributed by atoms with van der Waals surface area (Å²) < 4.78 is 5.28. The number of carbonyl (C=O) groups excluding carboxylic acids is 1. The first-order chi connectivity index (χ1) is 6.40. The fourth-order valence-corrected chi connectivity index (χ4v) is 2.61. The molecular formula is C9H11NO2S. The van der Waals surface area contributed by atoms with Crippen molar-refractivity contribution in [3.8, 4) is 0 Å². The van der Waals surface area contributed by atoms with E-state index >= 15 is 0 Å². The van der Waals surface area contributed by atoms with Gasteiger partial charge in [-0.05, 0) is 18.6 Å². The standard InChI is InChI=1S/C9H11NO2S/c11-5-8-4-10-9(12-8)7-2-1-3-13-6-7/h4-5,7H,1-3,6H2. The van der Waals surface area contributed by atoms with E-state index in [1.165, 1.54) is 18.4 Å². The Labute approximate surface area is 80.9 Å². The number of rotatable bonds is 2. The first-order valence-corrected chi connectivity index (χ1v) is 5.54. The fraction of sp³-hybridized carbons (Fsp3) is 0.556. The van der Waals surface area contributed by atoms with E-state index in [4.69, 9.17) is 4.42 Å². The lowest BCUT2D eigenvalue weighted by Crippen LogP contribution is -2.08. The molecule has 0 N–H and O–H groups in total. The first kappa shape index (κ1) is 8.81. The van der Waals surface area contributed by atoms with E-state index in [1.54, 1.807) is 0 Å². The molecule has 1 aromatic rings. The molecule has 1 fully saturated rings. The number of thioether (sulfide) groups is 1. The summed E-state index contributed by atoms with van der Waals surface area (Å²) in [7, 11) is 0. The third-order valence-corrected chi connectivity index (χ3v) is 3.38. The van der Waals surface area contributed by atoms with Crippen LogP contribution >= 0.6 is 11.8 Å². The molecule has 1 aromatic heterocycles. The van der Waals surface area contributed by atoms with Crippen LogP contribution in [0.2, 0.25) is 0 Å². The molecule has 70 valence electrons. The molecule has 0 aromatic carbocycles. The van der Waals surface area contributed by atoms with Crippen LogP contribution in [-0.2, 0) is 0 Å². The van der Waals surface area contributed by atoms with Gasteiger partial charge in [-0.3, -0.25) is 4.79 Å². The Morgan fingerprint density at radius 2 is 2.62 bits per heavy atom. The molecule has 4 heteroatoms. The molecule has 2 rings (SSSR count). The molecule has 0 amide bonds. The van der Waals surface area contributed by atoms with Crippen LogP contribution in [0.15, 0.2) is 10.6 Å². The Morgan fingerprint density at radius 3 is 3.23 bits per heavy atom. The van der Waals surface area contributed by atoms with Crippen LogP contribution in [0.4, 0.5) is 0 Å². The zero-order valence-corrected chi connectivity index (χ0v) is 8.05. The highest BCUT2D eigenvalue weighted by molar-refractivity contribution is 7.99. The van der Waals surface area contributed by atoms with Gasteiger partial charge in [-0.2, -0.15) is 11.8 Å². The Balaban J connectivity index is 2.09. The number of oxazole rings is 1. The van der Waals surface area contributed by atoms with Gasteiger partial charge in [0.05, 0.1) is 6.20 Å². The lowest BCUT2D eigenvalue weighted by Gasteiger charge is -2.17. The molecule has 0 radical (unpaired) electrons. The lowest BCUT2D eigenvalue weighted by atomic mass is 10.1. The maximum Gasteiger partial charge on any atom is 0.198 e. The maximum absolute atomic E-state index is 10.4. The highest BCUT2D eigenvalue weighted by Gasteiger charge is 2.20. The van der Waals surface area contributed by atoms with Crippen molar-refractivity contribution >= 4 is 18.0 Å². The molecule has 2 heterocycles. The summed E-state index contributed by atoms with van der Waals surface area (Å²) in [6.07, 6.45) is 4.55. The number of hydrogen-bond acceptors (Lipinski definition) is 4. The molecule has 0 saturated carbocycles. The Bertz CT molecular complexity index is 292. The van der Waals surface area contributed by atoms with Crippen molar-refractivity contribution in [2.45, 2.75) is 18.8 Å². The quantitative estimate of drug-likeness (QED) is 0.681. The minimum atomic E-state index is 0.338. The smallest absolute Gasteiger partial charge is 0.198 e. The largest absolute Gasteiger partial charge is 0.438 e. The minimum Gasteiger partial charge on any atom is -0.438 e. The Kier molecular flexibility index (Phi) is 2.68. The van der Waals surface area contributed by atoms with Crippen LogP contribution in [-0.4, -0.2) is 22.8 Å². The van der Waals surface area contributed by atoms with Crippen LogP contribution in [0.25, 0.3) is 0 Å². The Hall–Kier alpha value is -0.770. The van der Waals surface area contributed by atoms with Gasteiger partial charge in [0.15, 0.2) is 17.9 Å². The molecular weight excluding hydrogens is 186 g/mol. The molecule has 1 unspecified atom stereocenters. The van der Waals surface area contributed by atoms with E-state index in [9.17, 15) is 4.79 Å². The number of nitrogens with zero attached hydrogens (tertiary/aromatic N) is 1. The fourth-order valence-electron chi connectivity index (χ4n) is 1.48. The Morgan fingerprint density at radius 1 is 1.69 bits per heavy atom. The monoisotopic (exact) mass is 197 g/mol. The second kappa shape index (κ2) is 3.96. The molecule has 1 atom stereocenters. The van der Waals surface area contributed by atoms with Crippen LogP contribution in [0.5, 0.6) is 0 Å². The molecule has 1 aliphatic heterocycles. The summed E-state index contributed by atoms with van der Waals surface area (Å²) in [5, 5.41) is 0. The van der Waals surface area contributed by atoms with Crippen molar-refractivity contribution in [3.63, 3.8) is 0 Å². The molecule has 0 spiro atoms. The van der Waals surface area contributed by atoms with Crippen LogP contribution in [0, 0.1) is 0 Å². The maximum atomic E-state index is 10.4. The van der Waals surface area contributed by atoms with Crippen molar-refractivity contribution in [2.75, 3.05) is 11.5 Å². The highest BCUT2D eigenvalue weighted by atomic mass is 32.2. The van der Waals surface area contributed by atoms with E-state index in [0.717, 1.165) is 18.1 Å². The van der Waals surface area contributed by atoms with Crippen molar-refractivity contribution in [1.82, 2.24) is 4.98 Å². The topological polar surface area (TPSA) is 43.1 Å². The third-order valence-electron chi connectivity index (χ3n) is 2.17. The summed E-state index contributed by atoms with van der Waals surface area (Å²) in [6.45, 7) is 0. The van der Waals surface area contributed by atoms with Crippen molar-refractivity contribution in [2.24, 2.45) is 0 Å². The zero-order valence-electron chi connectivity index (χ0n) is 7.23. The minimum absolute atomic E-state index is 0.338. The van der Waals surface area contributed by atoms with Crippen molar-refractivity contribution < 1.29 is 9.21 Å². The summed E-state index contributed by atoms with van der Waals surface area (Å²) >= 11 is 1.93. The van der Waals surface area contributed by atoms with Gasteiger partial charge >= 0.3 is 0 Å². The molecule has 1 saturated heterocycles. The normalized spacial score (nSPS) is 22.9. The second-order valence-electron chi connectivity index (χ2n) is 3.13. The first-order valence-electron chi connectivity index (χ1n) is 4.39. The predicted molar refractivity (Wildman–Crippen MR) is 51.2 cm³/mol. The average molecular weight is 197 g/mol. The molecule has 1 aliphatic rings. The molecule has 13 heavy (non-hydrogen) atoms. The average Bonchev–Trinajstić information content (AvgIpc) is 2.67. The van der Waals surface area contributed by atoms with Crippen molar-refractivity contribution in [3.05, 3.63) is 17.8 Å². The van der Waals surface area contributed by atoms with Crippen LogP contribution in [0.3, 0.4) is 0 Å². The van der Waals surface area contributed by atoms with Crippen molar-refractivity contribution in [1.29, 1.82) is 0 Å². The third kappa shape index (κ3) is 1.94. The molecule has 0 aliphatic carbocycles. The summed E-state index contributed by atoms with van der Waals surface area (Å²) in [5.74, 6) is 3.78. The van der Waals surface area contributed by atoms with Gasteiger partial charge in [0, 0.05) is 11.7 Å². The number of aldehydes is 1. The zero-order chi connectivity index (χ0) is 9.10. The van der Waals surface area contributed by atoms with Gasteiger partial charge in [-0.15, -0.1) is 0 Å². The number of hydrogen-bond donors (Lipinski definition) is 0. The van der Waals surface area contributed by atoms with E-state index in [0.29, 0.717) is 18.0 Å². The van der Waals surface area contributed by atoms with Gasteiger partial charge in [0.2, 0.25) is 0 Å². The molecule has 0 bridgehead atoms. The van der Waals surface area contributed by atoms with Gasteiger partial charge < -0.3 is 4.42 Å². The van der Waals surface area contributed by atoms with E-state index in [1.807, 2.05) is 11.8 Å². The summed E-state index contributed by atoms with van der Waals surface area (Å²) in [4.78, 5) is 14.5. The summed E-state index contributed by atoms with van der Waals surface area (Å²) in [5.41, 5.74) is 0. The van der Waals surface area contributed by atoms with Crippen LogP contribution in [0.1, 0.15) is 35.2 Å². The number of carbonyl (C=O) groups is 1. The van der Waals surface area contributed by atoms with Crippen LogP contribution < -0.4 is 0 Å². The summed E-state index contributed by atoms with van der Waals surface area (Å²) in [6, 6.07) is 0. The van der Waals surface area contributed by atoms with Gasteiger partial charge in [0.25, 0.3) is 0 Å². The second-order valence-corrected chi connectivity index (χ2v) is 4.28. The van der Waals surface area contributed by atoms with Gasteiger partial charge in [-0.1, -0.05) is 0 Å². The molecule has 3 nitrogen and oxygen atoms in total. The van der Waals surface area contributed by atoms with E-state index in [2.05, 4.69) is 4.98 Å². The SMILES string of the molecule is O=Cc1cnc(C2CCCSC2)o1. The predicted octanol–water partition coefficient (Wildman–Crippen LogP) is 2.10. The van der Waals surface area contributed by atoms with E-state index in [-0.39, 0.29) is 0 Å².